The van der Waals surface area contributed by atoms with Crippen molar-refractivity contribution >= 4 is 11.8 Å². The number of carbonyl (C=O) groups is 1. The van der Waals surface area contributed by atoms with Crippen LogP contribution in [-0.4, -0.2) is 34.1 Å². The zero-order valence-electron chi connectivity index (χ0n) is 12.1. The molecule has 1 fully saturated rings. The molecule has 0 unspecified atom stereocenters. The van der Waals surface area contributed by atoms with Crippen LogP contribution in [0.3, 0.4) is 0 Å². The van der Waals surface area contributed by atoms with Crippen molar-refractivity contribution in [2.45, 2.75) is 19.4 Å². The van der Waals surface area contributed by atoms with E-state index in [-0.39, 0.29) is 12.2 Å². The molecule has 1 aliphatic rings. The van der Waals surface area contributed by atoms with Gasteiger partial charge in [-0.25, -0.2) is 14.8 Å². The van der Waals surface area contributed by atoms with Gasteiger partial charge in [0.15, 0.2) is 5.82 Å². The minimum atomic E-state index is -1.00. The lowest BCUT2D eigenvalue weighted by Gasteiger charge is -2.18. The minimum absolute atomic E-state index is 0.144. The SMILES string of the molecule is O=C(O)c1cnc(COc2ccccc2)nc1N1CCCC1. The number of carboxylic acids is 1. The summed E-state index contributed by atoms with van der Waals surface area (Å²) in [6, 6.07) is 9.40. The van der Waals surface area contributed by atoms with Crippen LogP contribution >= 0.6 is 0 Å². The molecular weight excluding hydrogens is 282 g/mol. The fourth-order valence-electron chi connectivity index (χ4n) is 2.46. The average Bonchev–Trinajstić information content (AvgIpc) is 3.08. The molecule has 0 bridgehead atoms. The molecule has 1 aromatic heterocycles. The summed E-state index contributed by atoms with van der Waals surface area (Å²) >= 11 is 0. The van der Waals surface area contributed by atoms with Crippen LogP contribution in [0.4, 0.5) is 5.82 Å². The van der Waals surface area contributed by atoms with Crippen LogP contribution in [0.2, 0.25) is 0 Å². The molecule has 22 heavy (non-hydrogen) atoms. The number of hydrogen-bond acceptors (Lipinski definition) is 5. The molecule has 0 amide bonds. The van der Waals surface area contributed by atoms with E-state index in [0.717, 1.165) is 31.7 Å². The van der Waals surface area contributed by atoms with Gasteiger partial charge in [-0.05, 0) is 25.0 Å². The summed E-state index contributed by atoms with van der Waals surface area (Å²) in [4.78, 5) is 21.8. The van der Waals surface area contributed by atoms with E-state index in [4.69, 9.17) is 4.74 Å². The number of ether oxygens (including phenoxy) is 1. The zero-order chi connectivity index (χ0) is 15.4. The fourth-order valence-corrected chi connectivity index (χ4v) is 2.46. The number of aromatic carboxylic acids is 1. The highest BCUT2D eigenvalue weighted by molar-refractivity contribution is 5.93. The fraction of sp³-hybridized carbons (Fsp3) is 0.312. The largest absolute Gasteiger partial charge is 0.486 e. The van der Waals surface area contributed by atoms with Gasteiger partial charge < -0.3 is 14.7 Å². The number of rotatable bonds is 5. The molecule has 0 radical (unpaired) electrons. The van der Waals surface area contributed by atoms with Gasteiger partial charge >= 0.3 is 5.97 Å². The third-order valence-corrected chi connectivity index (χ3v) is 3.57. The molecule has 2 heterocycles. The van der Waals surface area contributed by atoms with Crippen molar-refractivity contribution in [3.05, 3.63) is 47.9 Å². The highest BCUT2D eigenvalue weighted by atomic mass is 16.5. The molecule has 1 N–H and O–H groups in total. The van der Waals surface area contributed by atoms with E-state index in [1.54, 1.807) is 0 Å². The van der Waals surface area contributed by atoms with Crippen LogP contribution in [0, 0.1) is 0 Å². The normalized spacial score (nSPS) is 14.1. The topological polar surface area (TPSA) is 75.5 Å². The van der Waals surface area contributed by atoms with E-state index in [9.17, 15) is 9.90 Å². The Labute approximate surface area is 128 Å². The highest BCUT2D eigenvalue weighted by Crippen LogP contribution is 2.22. The minimum Gasteiger partial charge on any atom is -0.486 e. The Hall–Kier alpha value is -2.63. The third-order valence-electron chi connectivity index (χ3n) is 3.57. The summed E-state index contributed by atoms with van der Waals surface area (Å²) in [6.45, 7) is 1.87. The maximum absolute atomic E-state index is 11.3. The first-order valence-electron chi connectivity index (χ1n) is 7.26. The molecule has 1 aliphatic heterocycles. The molecular formula is C16H17N3O3. The van der Waals surface area contributed by atoms with E-state index in [2.05, 4.69) is 9.97 Å². The molecule has 114 valence electrons. The Morgan fingerprint density at radius 2 is 1.95 bits per heavy atom. The summed E-state index contributed by atoms with van der Waals surface area (Å²) in [7, 11) is 0. The number of hydrogen-bond donors (Lipinski definition) is 1. The van der Waals surface area contributed by atoms with E-state index < -0.39 is 5.97 Å². The number of nitrogens with zero attached hydrogens (tertiary/aromatic N) is 3. The lowest BCUT2D eigenvalue weighted by molar-refractivity contribution is 0.0696. The third kappa shape index (κ3) is 3.16. The van der Waals surface area contributed by atoms with Crippen LogP contribution in [0.1, 0.15) is 29.0 Å². The summed E-state index contributed by atoms with van der Waals surface area (Å²) in [5.74, 6) is 0.705. The predicted molar refractivity (Wildman–Crippen MR) is 81.2 cm³/mol. The van der Waals surface area contributed by atoms with Gasteiger partial charge in [-0.3, -0.25) is 0 Å². The number of anilines is 1. The number of benzene rings is 1. The second kappa shape index (κ2) is 6.43. The van der Waals surface area contributed by atoms with Gasteiger partial charge in [0.1, 0.15) is 23.7 Å². The van der Waals surface area contributed by atoms with E-state index in [1.807, 2.05) is 35.2 Å². The van der Waals surface area contributed by atoms with Gasteiger partial charge in [-0.1, -0.05) is 18.2 Å². The Kier molecular flexibility index (Phi) is 4.18. The van der Waals surface area contributed by atoms with Crippen LogP contribution in [0.25, 0.3) is 0 Å². The van der Waals surface area contributed by atoms with Crippen molar-refractivity contribution in [1.29, 1.82) is 0 Å². The molecule has 2 aromatic rings. The Morgan fingerprint density at radius 3 is 2.64 bits per heavy atom. The van der Waals surface area contributed by atoms with Crippen molar-refractivity contribution in [3.8, 4) is 5.75 Å². The summed E-state index contributed by atoms with van der Waals surface area (Å²) in [5, 5.41) is 9.29. The van der Waals surface area contributed by atoms with Crippen molar-refractivity contribution in [2.24, 2.45) is 0 Å². The second-order valence-electron chi connectivity index (χ2n) is 5.12. The van der Waals surface area contributed by atoms with Crippen LogP contribution in [0.5, 0.6) is 5.75 Å². The molecule has 6 nitrogen and oxygen atoms in total. The maximum Gasteiger partial charge on any atom is 0.341 e. The zero-order valence-corrected chi connectivity index (χ0v) is 12.1. The molecule has 6 heteroatoms. The standard InChI is InChI=1S/C16H17N3O3/c20-16(21)13-10-17-14(11-22-12-6-2-1-3-7-12)18-15(13)19-8-4-5-9-19/h1-3,6-7,10H,4-5,8-9,11H2,(H,20,21). The van der Waals surface area contributed by atoms with Gasteiger partial charge in [0, 0.05) is 19.3 Å². The Bertz CT molecular complexity index is 655. The lowest BCUT2D eigenvalue weighted by Crippen LogP contribution is -2.23. The molecule has 1 aromatic carbocycles. The summed E-state index contributed by atoms with van der Waals surface area (Å²) < 4.78 is 5.62. The van der Waals surface area contributed by atoms with Gasteiger partial charge in [0.25, 0.3) is 0 Å². The molecule has 0 saturated carbocycles. The lowest BCUT2D eigenvalue weighted by atomic mass is 10.3. The number of para-hydroxylation sites is 1. The average molecular weight is 299 g/mol. The van der Waals surface area contributed by atoms with E-state index in [1.165, 1.54) is 6.20 Å². The van der Waals surface area contributed by atoms with Crippen LogP contribution in [-0.2, 0) is 6.61 Å². The van der Waals surface area contributed by atoms with Crippen molar-refractivity contribution in [1.82, 2.24) is 9.97 Å². The first-order valence-corrected chi connectivity index (χ1v) is 7.26. The van der Waals surface area contributed by atoms with Crippen LogP contribution in [0.15, 0.2) is 36.5 Å². The van der Waals surface area contributed by atoms with Gasteiger partial charge in [-0.2, -0.15) is 0 Å². The molecule has 1 saturated heterocycles. The molecule has 0 atom stereocenters. The first-order chi connectivity index (χ1) is 10.7. The molecule has 0 spiro atoms. The van der Waals surface area contributed by atoms with Gasteiger partial charge in [0.2, 0.25) is 0 Å². The Morgan fingerprint density at radius 1 is 1.23 bits per heavy atom. The second-order valence-corrected chi connectivity index (χ2v) is 5.12. The summed E-state index contributed by atoms with van der Waals surface area (Å²) in [5.41, 5.74) is 0.144. The monoisotopic (exact) mass is 299 g/mol. The van der Waals surface area contributed by atoms with E-state index in [0.29, 0.717) is 11.6 Å². The van der Waals surface area contributed by atoms with Crippen molar-refractivity contribution in [2.75, 3.05) is 18.0 Å². The molecule has 3 rings (SSSR count). The van der Waals surface area contributed by atoms with E-state index >= 15 is 0 Å². The first kappa shape index (κ1) is 14.3. The predicted octanol–water partition coefficient (Wildman–Crippen LogP) is 2.35. The maximum atomic E-state index is 11.3. The highest BCUT2D eigenvalue weighted by Gasteiger charge is 2.22. The smallest absolute Gasteiger partial charge is 0.341 e. The van der Waals surface area contributed by atoms with Gasteiger partial charge in [-0.15, -0.1) is 0 Å². The Balaban J connectivity index is 1.80. The van der Waals surface area contributed by atoms with Crippen LogP contribution < -0.4 is 9.64 Å². The quantitative estimate of drug-likeness (QED) is 0.913. The number of aromatic nitrogens is 2. The molecule has 0 aliphatic carbocycles. The summed E-state index contributed by atoms with van der Waals surface area (Å²) in [6.07, 6.45) is 3.48. The van der Waals surface area contributed by atoms with Crippen molar-refractivity contribution < 1.29 is 14.6 Å². The number of carboxylic acid groups (broad SMARTS) is 1. The van der Waals surface area contributed by atoms with Crippen molar-refractivity contribution in [3.63, 3.8) is 0 Å². The van der Waals surface area contributed by atoms with Gasteiger partial charge in [0.05, 0.1) is 0 Å².